The first kappa shape index (κ1) is 19.8. The van der Waals surface area contributed by atoms with Crippen molar-refractivity contribution in [2.45, 2.75) is 44.9 Å². The molecule has 0 spiro atoms. The summed E-state index contributed by atoms with van der Waals surface area (Å²) < 4.78 is 20.9. The molecule has 0 aromatic heterocycles. The van der Waals surface area contributed by atoms with Gasteiger partial charge in [0.05, 0.1) is 17.3 Å². The Balaban J connectivity index is 1.66. The van der Waals surface area contributed by atoms with Gasteiger partial charge in [-0.3, -0.25) is 0 Å². The standard InChI is InChI=1S/C20H27ClFN3O2/c1-19(2,3)27-18(26)24-11-8-20(22,9-12-24)13-25-10-4-5-14-16(25)7-6-15(21)17(14)23/h4-7H,8-13,23H2,1-3H3. The Morgan fingerprint density at radius 2 is 2.00 bits per heavy atom. The third-order valence-electron chi connectivity index (χ3n) is 4.95. The van der Waals surface area contributed by atoms with E-state index in [1.165, 1.54) is 0 Å². The number of rotatable bonds is 2. The molecule has 1 saturated heterocycles. The normalized spacial score (nSPS) is 19.0. The Kier molecular flexibility index (Phi) is 5.30. The number of carbonyl (C=O) groups is 1. The van der Waals surface area contributed by atoms with Gasteiger partial charge in [0.25, 0.3) is 0 Å². The molecule has 2 aliphatic rings. The number of alkyl halides is 1. The molecule has 0 atom stereocenters. The summed E-state index contributed by atoms with van der Waals surface area (Å²) >= 11 is 6.10. The Labute approximate surface area is 164 Å². The van der Waals surface area contributed by atoms with Gasteiger partial charge in [-0.05, 0) is 32.9 Å². The van der Waals surface area contributed by atoms with Gasteiger partial charge in [0.1, 0.15) is 11.3 Å². The second kappa shape index (κ2) is 7.23. The number of hydrogen-bond acceptors (Lipinski definition) is 4. The van der Waals surface area contributed by atoms with Crippen molar-refractivity contribution < 1.29 is 13.9 Å². The van der Waals surface area contributed by atoms with Crippen LogP contribution < -0.4 is 10.6 Å². The number of nitrogen functional groups attached to an aromatic ring is 1. The maximum Gasteiger partial charge on any atom is 0.410 e. The number of piperidine rings is 1. The van der Waals surface area contributed by atoms with Crippen molar-refractivity contribution in [1.82, 2.24) is 4.90 Å². The molecule has 148 valence electrons. The lowest BCUT2D eigenvalue weighted by atomic mass is 9.91. The van der Waals surface area contributed by atoms with Gasteiger partial charge in [-0.2, -0.15) is 0 Å². The molecule has 0 unspecified atom stereocenters. The number of nitrogens with two attached hydrogens (primary N) is 1. The molecule has 1 aromatic carbocycles. The fraction of sp³-hybridized carbons (Fsp3) is 0.550. The average Bonchev–Trinajstić information content (AvgIpc) is 2.57. The fourth-order valence-electron chi connectivity index (χ4n) is 3.51. The van der Waals surface area contributed by atoms with Crippen molar-refractivity contribution in [3.05, 3.63) is 28.8 Å². The average molecular weight is 396 g/mol. The summed E-state index contributed by atoms with van der Waals surface area (Å²) in [7, 11) is 0. The van der Waals surface area contributed by atoms with Crippen molar-refractivity contribution >= 4 is 35.1 Å². The van der Waals surface area contributed by atoms with Crippen LogP contribution in [0, 0.1) is 0 Å². The largest absolute Gasteiger partial charge is 0.444 e. The van der Waals surface area contributed by atoms with Crippen LogP contribution in [-0.2, 0) is 4.74 Å². The van der Waals surface area contributed by atoms with Crippen LogP contribution in [0.3, 0.4) is 0 Å². The van der Waals surface area contributed by atoms with Crippen molar-refractivity contribution in [1.29, 1.82) is 0 Å². The summed E-state index contributed by atoms with van der Waals surface area (Å²) in [5.41, 5.74) is 6.40. The van der Waals surface area contributed by atoms with Crippen LogP contribution in [0.4, 0.5) is 20.6 Å². The Morgan fingerprint density at radius 3 is 2.63 bits per heavy atom. The number of carbonyl (C=O) groups excluding carboxylic acids is 1. The van der Waals surface area contributed by atoms with E-state index in [0.717, 1.165) is 11.3 Å². The maximum absolute atomic E-state index is 15.5. The van der Waals surface area contributed by atoms with E-state index in [0.29, 0.717) is 30.3 Å². The second-order valence-corrected chi connectivity index (χ2v) is 8.70. The first-order chi connectivity index (χ1) is 12.6. The molecule has 1 amide bonds. The quantitative estimate of drug-likeness (QED) is 0.749. The van der Waals surface area contributed by atoms with E-state index in [9.17, 15) is 4.79 Å². The minimum absolute atomic E-state index is 0.258. The zero-order valence-corrected chi connectivity index (χ0v) is 16.9. The molecule has 1 fully saturated rings. The molecule has 0 saturated carbocycles. The number of fused-ring (bicyclic) bond motifs is 1. The molecule has 2 N–H and O–H groups in total. The monoisotopic (exact) mass is 395 g/mol. The smallest absolute Gasteiger partial charge is 0.410 e. The molecular formula is C20H27ClFN3O2. The van der Waals surface area contributed by atoms with Crippen LogP contribution in [0.5, 0.6) is 0 Å². The lowest BCUT2D eigenvalue weighted by Gasteiger charge is -2.41. The van der Waals surface area contributed by atoms with E-state index in [1.807, 2.05) is 43.9 Å². The Bertz CT molecular complexity index is 752. The third kappa shape index (κ3) is 4.49. The first-order valence-electron chi connectivity index (χ1n) is 9.24. The highest BCUT2D eigenvalue weighted by molar-refractivity contribution is 6.33. The SMILES string of the molecule is CC(C)(C)OC(=O)N1CCC(F)(CN2CC=Cc3c2ccc(Cl)c3N)CC1. The van der Waals surface area contributed by atoms with Crippen molar-refractivity contribution in [3.8, 4) is 0 Å². The molecule has 0 radical (unpaired) electrons. The molecule has 2 heterocycles. The minimum atomic E-state index is -1.37. The van der Waals surface area contributed by atoms with E-state index in [-0.39, 0.29) is 25.5 Å². The zero-order valence-electron chi connectivity index (χ0n) is 16.1. The van der Waals surface area contributed by atoms with Crippen molar-refractivity contribution in [2.75, 3.05) is 36.8 Å². The lowest BCUT2D eigenvalue weighted by Crippen LogP contribution is -2.51. The zero-order chi connectivity index (χ0) is 19.8. The first-order valence-corrected chi connectivity index (χ1v) is 9.62. The number of amides is 1. The van der Waals surface area contributed by atoms with Gasteiger partial charge in [0, 0.05) is 43.7 Å². The highest BCUT2D eigenvalue weighted by Crippen LogP contribution is 2.37. The number of likely N-dealkylation sites (tertiary alicyclic amines) is 1. The van der Waals surface area contributed by atoms with Crippen LogP contribution >= 0.6 is 11.6 Å². The summed E-state index contributed by atoms with van der Waals surface area (Å²) in [6.07, 6.45) is 4.09. The van der Waals surface area contributed by atoms with Crippen molar-refractivity contribution in [3.63, 3.8) is 0 Å². The summed E-state index contributed by atoms with van der Waals surface area (Å²) in [5.74, 6) is 0. The van der Waals surface area contributed by atoms with Crippen LogP contribution in [0.25, 0.3) is 6.08 Å². The van der Waals surface area contributed by atoms with Gasteiger partial charge in [0.2, 0.25) is 0 Å². The van der Waals surface area contributed by atoms with Gasteiger partial charge in [-0.1, -0.05) is 23.8 Å². The van der Waals surface area contributed by atoms with Gasteiger partial charge >= 0.3 is 6.09 Å². The number of ether oxygens (including phenoxy) is 1. The number of hydrogen-bond donors (Lipinski definition) is 1. The molecule has 5 nitrogen and oxygen atoms in total. The predicted molar refractivity (Wildman–Crippen MR) is 108 cm³/mol. The summed E-state index contributed by atoms with van der Waals surface area (Å²) in [5, 5.41) is 0.501. The number of nitrogens with zero attached hydrogens (tertiary/aromatic N) is 2. The third-order valence-corrected chi connectivity index (χ3v) is 5.28. The van der Waals surface area contributed by atoms with E-state index < -0.39 is 11.3 Å². The van der Waals surface area contributed by atoms with E-state index in [2.05, 4.69) is 0 Å². The molecule has 7 heteroatoms. The van der Waals surface area contributed by atoms with Gasteiger partial charge in [-0.25, -0.2) is 9.18 Å². The van der Waals surface area contributed by atoms with E-state index >= 15 is 4.39 Å². The summed E-state index contributed by atoms with van der Waals surface area (Å²) in [6, 6.07) is 3.63. The number of benzene rings is 1. The fourth-order valence-corrected chi connectivity index (χ4v) is 3.68. The van der Waals surface area contributed by atoms with E-state index in [4.69, 9.17) is 22.1 Å². The topological polar surface area (TPSA) is 58.8 Å². The van der Waals surface area contributed by atoms with Crippen molar-refractivity contribution in [2.24, 2.45) is 0 Å². The highest BCUT2D eigenvalue weighted by Gasteiger charge is 2.39. The van der Waals surface area contributed by atoms with Crippen LogP contribution in [0.1, 0.15) is 39.2 Å². The molecule has 0 aliphatic carbocycles. The molecule has 2 aliphatic heterocycles. The van der Waals surface area contributed by atoms with Gasteiger partial charge in [0.15, 0.2) is 0 Å². The molecule has 0 bridgehead atoms. The lowest BCUT2D eigenvalue weighted by molar-refractivity contribution is 0.00479. The molecular weight excluding hydrogens is 369 g/mol. The molecule has 3 rings (SSSR count). The Hall–Kier alpha value is -1.95. The van der Waals surface area contributed by atoms with Gasteiger partial charge in [-0.15, -0.1) is 0 Å². The van der Waals surface area contributed by atoms with Gasteiger partial charge < -0.3 is 20.3 Å². The number of halogens is 2. The van der Waals surface area contributed by atoms with Crippen LogP contribution in [-0.4, -0.2) is 48.4 Å². The summed E-state index contributed by atoms with van der Waals surface area (Å²) in [4.78, 5) is 15.8. The van der Waals surface area contributed by atoms with E-state index in [1.54, 1.807) is 11.0 Å². The predicted octanol–water partition coefficient (Wildman–Crippen LogP) is 4.49. The van der Waals surface area contributed by atoms with Crippen LogP contribution in [0.15, 0.2) is 18.2 Å². The van der Waals surface area contributed by atoms with Crippen LogP contribution in [0.2, 0.25) is 5.02 Å². The maximum atomic E-state index is 15.5. The Morgan fingerprint density at radius 1 is 1.33 bits per heavy atom. The second-order valence-electron chi connectivity index (χ2n) is 8.30. The molecule has 1 aromatic rings. The molecule has 27 heavy (non-hydrogen) atoms. The minimum Gasteiger partial charge on any atom is -0.444 e. The number of anilines is 2. The summed E-state index contributed by atoms with van der Waals surface area (Å²) in [6.45, 7) is 7.06. The highest BCUT2D eigenvalue weighted by atomic mass is 35.5.